The molecule has 2 saturated heterocycles. The number of anilines is 2. The second-order valence-corrected chi connectivity index (χ2v) is 9.67. The van der Waals surface area contributed by atoms with E-state index in [9.17, 15) is 4.79 Å². The number of pyridine rings is 1. The smallest absolute Gasteiger partial charge is 0.253 e. The highest BCUT2D eigenvalue weighted by Gasteiger charge is 2.49. The summed E-state index contributed by atoms with van der Waals surface area (Å²) in [6, 6.07) is 9.99. The Hall–Kier alpha value is -3.36. The maximum atomic E-state index is 13.1. The second-order valence-electron chi connectivity index (χ2n) is 9.67. The van der Waals surface area contributed by atoms with Gasteiger partial charge in [-0.3, -0.25) is 9.78 Å². The number of hydrogen-bond donors (Lipinski definition) is 0. The first kappa shape index (κ1) is 21.2. The van der Waals surface area contributed by atoms with E-state index in [1.807, 2.05) is 50.6 Å². The zero-order valence-corrected chi connectivity index (χ0v) is 19.4. The van der Waals surface area contributed by atoms with E-state index in [1.165, 1.54) is 5.56 Å². The van der Waals surface area contributed by atoms with Crippen LogP contribution in [0.3, 0.4) is 0 Å². The Balaban J connectivity index is 1.31. The molecule has 8 heteroatoms. The van der Waals surface area contributed by atoms with Crippen molar-refractivity contribution < 1.29 is 14.3 Å². The van der Waals surface area contributed by atoms with Crippen LogP contribution in [0, 0.1) is 12.8 Å². The molecular formula is C26H27N5O3. The van der Waals surface area contributed by atoms with Gasteiger partial charge in [0, 0.05) is 61.5 Å². The molecular weight excluding hydrogens is 430 g/mol. The average molecular weight is 458 g/mol. The highest BCUT2D eigenvalue weighted by atomic mass is 16.5. The summed E-state index contributed by atoms with van der Waals surface area (Å²) in [5, 5.41) is 0. The molecule has 6 rings (SSSR count). The summed E-state index contributed by atoms with van der Waals surface area (Å²) in [4.78, 5) is 30.8. The minimum Gasteiger partial charge on any atom is -0.381 e. The number of amides is 1. The Bertz CT molecular complexity index is 1240. The standard InChI is InChI=1S/C26H27N5O3/c1-17-5-6-27-22(7-17)20-9-28-25(29-10-20)31-14-26(15-34-16-26)21-4-3-19(8-23(21)31)24(32)30(2)11-18-12-33-13-18/h3-10,18H,11-16H2,1-2H3. The maximum Gasteiger partial charge on any atom is 0.253 e. The fourth-order valence-electron chi connectivity index (χ4n) is 4.95. The first-order chi connectivity index (χ1) is 16.5. The van der Waals surface area contributed by atoms with Gasteiger partial charge in [0.2, 0.25) is 5.95 Å². The number of carbonyl (C=O) groups is 1. The highest BCUT2D eigenvalue weighted by molar-refractivity contribution is 5.96. The molecule has 34 heavy (non-hydrogen) atoms. The molecule has 3 aromatic rings. The molecule has 1 amide bonds. The lowest BCUT2D eigenvalue weighted by atomic mass is 9.80. The van der Waals surface area contributed by atoms with Crippen molar-refractivity contribution in [3.8, 4) is 11.3 Å². The van der Waals surface area contributed by atoms with Gasteiger partial charge in [-0.05, 0) is 42.3 Å². The summed E-state index contributed by atoms with van der Waals surface area (Å²) in [5.74, 6) is 1.05. The summed E-state index contributed by atoms with van der Waals surface area (Å²) in [7, 11) is 1.86. The van der Waals surface area contributed by atoms with Crippen LogP contribution in [0.2, 0.25) is 0 Å². The number of ether oxygens (including phenoxy) is 2. The number of benzene rings is 1. The number of aryl methyl sites for hydroxylation is 1. The molecule has 5 heterocycles. The van der Waals surface area contributed by atoms with E-state index < -0.39 is 0 Å². The Morgan fingerprint density at radius 2 is 1.91 bits per heavy atom. The van der Waals surface area contributed by atoms with Crippen LogP contribution in [0.1, 0.15) is 21.5 Å². The van der Waals surface area contributed by atoms with Crippen molar-refractivity contribution >= 4 is 17.5 Å². The van der Waals surface area contributed by atoms with E-state index in [4.69, 9.17) is 9.47 Å². The van der Waals surface area contributed by atoms with E-state index >= 15 is 0 Å². The SMILES string of the molecule is Cc1ccnc(-c2cnc(N3CC4(COC4)c4ccc(C(=O)N(C)CC5COC5)cc43)nc2)c1. The van der Waals surface area contributed by atoms with Gasteiger partial charge in [0.05, 0.1) is 37.5 Å². The Labute approximate surface area is 198 Å². The lowest BCUT2D eigenvalue weighted by molar-refractivity contribution is -0.0507. The molecule has 2 aromatic heterocycles. The Kier molecular flexibility index (Phi) is 5.08. The molecule has 0 N–H and O–H groups in total. The van der Waals surface area contributed by atoms with Gasteiger partial charge in [0.25, 0.3) is 5.91 Å². The molecule has 3 aliphatic rings. The summed E-state index contributed by atoms with van der Waals surface area (Å²) >= 11 is 0. The molecule has 3 aliphatic heterocycles. The number of fused-ring (bicyclic) bond motifs is 2. The highest BCUT2D eigenvalue weighted by Crippen LogP contribution is 2.47. The molecule has 0 bridgehead atoms. The van der Waals surface area contributed by atoms with Crippen LogP contribution in [-0.2, 0) is 14.9 Å². The summed E-state index contributed by atoms with van der Waals surface area (Å²) in [5.41, 5.74) is 5.64. The van der Waals surface area contributed by atoms with Gasteiger partial charge in [-0.25, -0.2) is 9.97 Å². The monoisotopic (exact) mass is 457 g/mol. The molecule has 1 aromatic carbocycles. The molecule has 0 aliphatic carbocycles. The topological polar surface area (TPSA) is 80.7 Å². The molecule has 0 atom stereocenters. The molecule has 2 fully saturated rings. The lowest BCUT2D eigenvalue weighted by Crippen LogP contribution is -2.49. The second kappa shape index (κ2) is 8.14. The third-order valence-electron chi connectivity index (χ3n) is 7.00. The summed E-state index contributed by atoms with van der Waals surface area (Å²) in [6.07, 6.45) is 5.42. The van der Waals surface area contributed by atoms with Crippen LogP contribution in [0.5, 0.6) is 0 Å². The zero-order chi connectivity index (χ0) is 23.3. The van der Waals surface area contributed by atoms with Crippen LogP contribution in [0.4, 0.5) is 11.6 Å². The van der Waals surface area contributed by atoms with Crippen molar-refractivity contribution in [2.24, 2.45) is 5.92 Å². The van der Waals surface area contributed by atoms with Gasteiger partial charge in [0.15, 0.2) is 0 Å². The van der Waals surface area contributed by atoms with Gasteiger partial charge in [0.1, 0.15) is 0 Å². The van der Waals surface area contributed by atoms with E-state index in [-0.39, 0.29) is 11.3 Å². The van der Waals surface area contributed by atoms with E-state index in [2.05, 4.69) is 25.9 Å². The fourth-order valence-corrected chi connectivity index (χ4v) is 4.95. The van der Waals surface area contributed by atoms with Crippen molar-refractivity contribution in [1.82, 2.24) is 19.9 Å². The maximum absolute atomic E-state index is 13.1. The number of nitrogens with zero attached hydrogens (tertiary/aromatic N) is 5. The van der Waals surface area contributed by atoms with E-state index in [0.29, 0.717) is 37.2 Å². The Morgan fingerprint density at radius 3 is 2.56 bits per heavy atom. The van der Waals surface area contributed by atoms with Gasteiger partial charge in [-0.2, -0.15) is 0 Å². The van der Waals surface area contributed by atoms with Gasteiger partial charge >= 0.3 is 0 Å². The van der Waals surface area contributed by atoms with Crippen molar-refractivity contribution in [2.75, 3.05) is 51.5 Å². The minimum atomic E-state index is -0.0772. The quantitative estimate of drug-likeness (QED) is 0.583. The van der Waals surface area contributed by atoms with Gasteiger partial charge in [-0.1, -0.05) is 6.07 Å². The lowest BCUT2D eigenvalue weighted by Gasteiger charge is -2.38. The van der Waals surface area contributed by atoms with Crippen LogP contribution >= 0.6 is 0 Å². The van der Waals surface area contributed by atoms with E-state index in [1.54, 1.807) is 11.1 Å². The van der Waals surface area contributed by atoms with Crippen LogP contribution < -0.4 is 4.90 Å². The molecule has 0 saturated carbocycles. The molecule has 0 radical (unpaired) electrons. The van der Waals surface area contributed by atoms with E-state index in [0.717, 1.165) is 42.3 Å². The third-order valence-corrected chi connectivity index (χ3v) is 7.00. The summed E-state index contributed by atoms with van der Waals surface area (Å²) < 4.78 is 10.9. The number of rotatable bonds is 5. The molecule has 174 valence electrons. The van der Waals surface area contributed by atoms with Gasteiger partial charge < -0.3 is 19.3 Å². The third kappa shape index (κ3) is 3.54. The number of aromatic nitrogens is 3. The minimum absolute atomic E-state index is 0.0160. The largest absolute Gasteiger partial charge is 0.381 e. The van der Waals surface area contributed by atoms with Crippen molar-refractivity contribution in [3.63, 3.8) is 0 Å². The van der Waals surface area contributed by atoms with Crippen molar-refractivity contribution in [1.29, 1.82) is 0 Å². The molecule has 8 nitrogen and oxygen atoms in total. The predicted molar refractivity (Wildman–Crippen MR) is 127 cm³/mol. The molecule has 0 unspecified atom stereocenters. The number of carbonyl (C=O) groups excluding carboxylic acids is 1. The summed E-state index contributed by atoms with van der Waals surface area (Å²) in [6.45, 7) is 6.25. The zero-order valence-electron chi connectivity index (χ0n) is 19.4. The van der Waals surface area contributed by atoms with Gasteiger partial charge in [-0.15, -0.1) is 0 Å². The first-order valence-corrected chi connectivity index (χ1v) is 11.6. The normalized spacial score (nSPS) is 18.4. The van der Waals surface area contributed by atoms with Crippen LogP contribution in [-0.4, -0.2) is 72.3 Å². The van der Waals surface area contributed by atoms with Crippen molar-refractivity contribution in [3.05, 3.63) is 65.6 Å². The predicted octanol–water partition coefficient (Wildman–Crippen LogP) is 2.99. The molecule has 1 spiro atoms. The average Bonchev–Trinajstić information content (AvgIpc) is 3.16. The van der Waals surface area contributed by atoms with Crippen molar-refractivity contribution in [2.45, 2.75) is 12.3 Å². The van der Waals surface area contributed by atoms with Crippen LogP contribution in [0.25, 0.3) is 11.3 Å². The van der Waals surface area contributed by atoms with Crippen LogP contribution in [0.15, 0.2) is 48.9 Å². The first-order valence-electron chi connectivity index (χ1n) is 11.6. The number of hydrogen-bond acceptors (Lipinski definition) is 7. The Morgan fingerprint density at radius 1 is 1.12 bits per heavy atom. The fraction of sp³-hybridized carbons (Fsp3) is 0.385.